The molecule has 1 atom stereocenters. The zero-order chi connectivity index (χ0) is 9.68. The van der Waals surface area contributed by atoms with E-state index in [2.05, 4.69) is 27.8 Å². The molecule has 0 spiro atoms. The molecule has 0 aliphatic rings. The molecule has 1 aromatic heterocycles. The fraction of sp³-hybridized carbons (Fsp3) is 0.444. The van der Waals surface area contributed by atoms with Gasteiger partial charge in [-0.15, -0.1) is 11.8 Å². The quantitative estimate of drug-likeness (QED) is 0.847. The normalized spacial score (nSPS) is 12.8. The topological polar surface area (TPSA) is 38.9 Å². The summed E-state index contributed by atoms with van der Waals surface area (Å²) in [7, 11) is 0. The number of nitrogens with two attached hydrogens (primary N) is 1. The summed E-state index contributed by atoms with van der Waals surface area (Å²) in [5.74, 6) is 0. The molecule has 1 unspecified atom stereocenters. The molecule has 0 aliphatic heterocycles. The molecule has 0 saturated carbocycles. The van der Waals surface area contributed by atoms with E-state index >= 15 is 0 Å². The molecule has 2 N–H and O–H groups in total. The van der Waals surface area contributed by atoms with Crippen LogP contribution in [0.5, 0.6) is 0 Å². The molecule has 1 rings (SSSR count). The van der Waals surface area contributed by atoms with Crippen LogP contribution in [0, 0.1) is 0 Å². The lowest BCUT2D eigenvalue weighted by molar-refractivity contribution is 0.821. The van der Waals surface area contributed by atoms with Crippen molar-refractivity contribution in [3.8, 4) is 0 Å². The van der Waals surface area contributed by atoms with Gasteiger partial charge in [0.05, 0.1) is 5.03 Å². The van der Waals surface area contributed by atoms with Crippen LogP contribution in [0.4, 0.5) is 0 Å². The molecular weight excluding hydrogens is 248 g/mol. The Labute approximate surface area is 91.4 Å². The van der Waals surface area contributed by atoms with E-state index in [9.17, 15) is 0 Å². The van der Waals surface area contributed by atoms with E-state index in [0.29, 0.717) is 5.25 Å². The lowest BCUT2D eigenvalue weighted by atomic mass is 10.3. The lowest BCUT2D eigenvalue weighted by Gasteiger charge is -2.08. The first-order valence-electron chi connectivity index (χ1n) is 4.20. The average molecular weight is 261 g/mol. The summed E-state index contributed by atoms with van der Waals surface area (Å²) in [4.78, 5) is 4.28. The van der Waals surface area contributed by atoms with Crippen LogP contribution in [0.3, 0.4) is 0 Å². The molecule has 0 amide bonds. The molecular formula is C9H13BrN2S. The lowest BCUT2D eigenvalue weighted by Crippen LogP contribution is -2.06. The fourth-order valence-corrected chi connectivity index (χ4v) is 2.09. The van der Waals surface area contributed by atoms with Crippen LogP contribution >= 0.6 is 27.7 Å². The summed E-state index contributed by atoms with van der Waals surface area (Å²) in [6, 6.07) is 4.02. The Kier molecular flexibility index (Phi) is 4.77. The van der Waals surface area contributed by atoms with Crippen LogP contribution in [0.2, 0.25) is 0 Å². The zero-order valence-electron chi connectivity index (χ0n) is 7.53. The van der Waals surface area contributed by atoms with Crippen molar-refractivity contribution >= 4 is 27.7 Å². The summed E-state index contributed by atoms with van der Waals surface area (Å²) in [5, 5.41) is 1.60. The second-order valence-electron chi connectivity index (χ2n) is 2.82. The van der Waals surface area contributed by atoms with E-state index in [1.165, 1.54) is 0 Å². The van der Waals surface area contributed by atoms with Gasteiger partial charge >= 0.3 is 0 Å². The molecule has 0 bridgehead atoms. The van der Waals surface area contributed by atoms with E-state index in [1.54, 1.807) is 11.8 Å². The molecule has 0 radical (unpaired) electrons. The number of aromatic nitrogens is 1. The number of thioether (sulfide) groups is 1. The minimum absolute atomic E-state index is 0.540. The Morgan fingerprint density at radius 2 is 2.38 bits per heavy atom. The number of nitrogens with zero attached hydrogens (tertiary/aromatic N) is 1. The minimum Gasteiger partial charge on any atom is -0.330 e. The first kappa shape index (κ1) is 11.0. The van der Waals surface area contributed by atoms with Gasteiger partial charge in [0.25, 0.3) is 0 Å². The molecule has 1 heterocycles. The zero-order valence-corrected chi connectivity index (χ0v) is 9.94. The maximum Gasteiger partial charge on any atom is 0.0963 e. The Hall–Kier alpha value is -0.0600. The van der Waals surface area contributed by atoms with Crippen molar-refractivity contribution in [1.29, 1.82) is 0 Å². The summed E-state index contributed by atoms with van der Waals surface area (Å²) in [5.41, 5.74) is 5.47. The third-order valence-electron chi connectivity index (χ3n) is 1.60. The van der Waals surface area contributed by atoms with Gasteiger partial charge in [-0.1, -0.05) is 6.92 Å². The van der Waals surface area contributed by atoms with Crippen LogP contribution in [0.1, 0.15) is 13.3 Å². The highest BCUT2D eigenvalue weighted by Gasteiger charge is 2.03. The number of rotatable bonds is 4. The average Bonchev–Trinajstić information content (AvgIpc) is 2.09. The number of pyridine rings is 1. The van der Waals surface area contributed by atoms with E-state index < -0.39 is 0 Å². The van der Waals surface area contributed by atoms with Crippen molar-refractivity contribution in [2.24, 2.45) is 5.73 Å². The number of hydrogen-bond acceptors (Lipinski definition) is 3. The van der Waals surface area contributed by atoms with Gasteiger partial charge in [-0.3, -0.25) is 0 Å². The second-order valence-corrected chi connectivity index (χ2v) is 5.19. The van der Waals surface area contributed by atoms with Crippen molar-refractivity contribution in [2.45, 2.75) is 23.6 Å². The van der Waals surface area contributed by atoms with Crippen molar-refractivity contribution in [3.63, 3.8) is 0 Å². The maximum atomic E-state index is 5.47. The van der Waals surface area contributed by atoms with Crippen molar-refractivity contribution in [3.05, 3.63) is 22.8 Å². The van der Waals surface area contributed by atoms with Gasteiger partial charge < -0.3 is 5.73 Å². The van der Waals surface area contributed by atoms with Crippen LogP contribution < -0.4 is 5.73 Å². The second kappa shape index (κ2) is 5.62. The first-order chi connectivity index (χ1) is 6.22. The van der Waals surface area contributed by atoms with E-state index in [4.69, 9.17) is 5.73 Å². The highest BCUT2D eigenvalue weighted by Crippen LogP contribution is 2.23. The summed E-state index contributed by atoms with van der Waals surface area (Å²) in [6.45, 7) is 2.91. The van der Waals surface area contributed by atoms with Gasteiger partial charge in [0.1, 0.15) is 0 Å². The third kappa shape index (κ3) is 4.11. The van der Waals surface area contributed by atoms with Gasteiger partial charge in [-0.25, -0.2) is 4.98 Å². The molecule has 13 heavy (non-hydrogen) atoms. The molecule has 0 aromatic carbocycles. The number of halogens is 1. The standard InChI is InChI=1S/C9H13BrN2S/c1-7(4-5-11)13-9-3-2-8(10)6-12-9/h2-3,6-7H,4-5,11H2,1H3. The molecule has 72 valence electrons. The maximum absolute atomic E-state index is 5.47. The Morgan fingerprint density at radius 1 is 1.62 bits per heavy atom. The third-order valence-corrected chi connectivity index (χ3v) is 3.19. The highest BCUT2D eigenvalue weighted by atomic mass is 79.9. The molecule has 0 fully saturated rings. The van der Waals surface area contributed by atoms with E-state index in [-0.39, 0.29) is 0 Å². The van der Waals surface area contributed by atoms with E-state index in [1.807, 2.05) is 18.3 Å². The van der Waals surface area contributed by atoms with Gasteiger partial charge in [0.2, 0.25) is 0 Å². The minimum atomic E-state index is 0.540. The molecule has 0 aliphatic carbocycles. The highest BCUT2D eigenvalue weighted by molar-refractivity contribution is 9.10. The predicted molar refractivity (Wildman–Crippen MR) is 60.9 cm³/mol. The summed E-state index contributed by atoms with van der Waals surface area (Å²) in [6.07, 6.45) is 2.85. The van der Waals surface area contributed by atoms with Crippen LogP contribution in [0.25, 0.3) is 0 Å². The first-order valence-corrected chi connectivity index (χ1v) is 5.88. The predicted octanol–water partition coefficient (Wildman–Crippen LogP) is 2.67. The SMILES string of the molecule is CC(CCN)Sc1ccc(Br)cn1. The molecule has 2 nitrogen and oxygen atoms in total. The molecule has 1 aromatic rings. The van der Waals surface area contributed by atoms with Gasteiger partial charge in [-0.2, -0.15) is 0 Å². The van der Waals surface area contributed by atoms with Gasteiger partial charge in [0, 0.05) is 15.9 Å². The summed E-state index contributed by atoms with van der Waals surface area (Å²) >= 11 is 5.12. The van der Waals surface area contributed by atoms with Crippen LogP contribution in [0.15, 0.2) is 27.8 Å². The van der Waals surface area contributed by atoms with Crippen LogP contribution in [-0.2, 0) is 0 Å². The Bertz CT molecular complexity index is 250. The van der Waals surface area contributed by atoms with Gasteiger partial charge in [-0.05, 0) is 41.0 Å². The van der Waals surface area contributed by atoms with Crippen molar-refractivity contribution < 1.29 is 0 Å². The molecule has 4 heteroatoms. The largest absolute Gasteiger partial charge is 0.330 e. The Balaban J connectivity index is 2.49. The smallest absolute Gasteiger partial charge is 0.0963 e. The Morgan fingerprint density at radius 3 is 2.92 bits per heavy atom. The van der Waals surface area contributed by atoms with Crippen molar-refractivity contribution in [2.75, 3.05) is 6.54 Å². The van der Waals surface area contributed by atoms with Crippen LogP contribution in [-0.4, -0.2) is 16.8 Å². The fourth-order valence-electron chi connectivity index (χ4n) is 0.932. The summed E-state index contributed by atoms with van der Waals surface area (Å²) < 4.78 is 1.02. The van der Waals surface area contributed by atoms with Gasteiger partial charge in [0.15, 0.2) is 0 Å². The van der Waals surface area contributed by atoms with Crippen molar-refractivity contribution in [1.82, 2.24) is 4.98 Å². The number of hydrogen-bond donors (Lipinski definition) is 1. The van der Waals surface area contributed by atoms with E-state index in [0.717, 1.165) is 22.5 Å². The monoisotopic (exact) mass is 260 g/mol. The molecule has 0 saturated heterocycles.